The Balaban J connectivity index is 1.90. The molecular weight excluding hydrogens is 342 g/mol. The van der Waals surface area contributed by atoms with Crippen LogP contribution in [0.4, 0.5) is 8.78 Å². The third-order valence-electron chi connectivity index (χ3n) is 4.67. The molecule has 2 aromatic rings. The van der Waals surface area contributed by atoms with E-state index in [2.05, 4.69) is 15.6 Å². The highest BCUT2D eigenvalue weighted by molar-refractivity contribution is 5.90. The topological polar surface area (TPSA) is 76.0 Å². The lowest BCUT2D eigenvalue weighted by atomic mass is 10.0. The standard InChI is InChI=1S/C18H22F2N4O2/c1-10(2)16(18(26)23-13-5-3-4-6-21-17(13)25)24-9-22-14-7-11(19)12(20)8-15(14)24/h7-10,13,16H,3-6H2,1-2H3,(H,21,25)(H,23,26)/t13-,16+/m1/s1. The summed E-state index contributed by atoms with van der Waals surface area (Å²) < 4.78 is 28.6. The van der Waals surface area contributed by atoms with Crippen molar-refractivity contribution in [2.24, 2.45) is 5.92 Å². The minimum atomic E-state index is -0.995. The Labute approximate surface area is 150 Å². The van der Waals surface area contributed by atoms with Gasteiger partial charge in [-0.1, -0.05) is 13.8 Å². The molecule has 0 unspecified atom stereocenters. The van der Waals surface area contributed by atoms with Gasteiger partial charge < -0.3 is 15.2 Å². The molecular formula is C18H22F2N4O2. The van der Waals surface area contributed by atoms with Crippen LogP contribution in [0, 0.1) is 17.6 Å². The molecule has 1 aliphatic rings. The number of aromatic nitrogens is 2. The highest BCUT2D eigenvalue weighted by Gasteiger charge is 2.30. The number of imidazole rings is 1. The van der Waals surface area contributed by atoms with Gasteiger partial charge >= 0.3 is 0 Å². The summed E-state index contributed by atoms with van der Waals surface area (Å²) >= 11 is 0. The average molecular weight is 364 g/mol. The maximum Gasteiger partial charge on any atom is 0.244 e. The summed E-state index contributed by atoms with van der Waals surface area (Å²) in [5, 5.41) is 5.58. The summed E-state index contributed by atoms with van der Waals surface area (Å²) in [6.45, 7) is 4.31. The summed E-state index contributed by atoms with van der Waals surface area (Å²) in [5.74, 6) is -2.66. The van der Waals surface area contributed by atoms with Gasteiger partial charge in [-0.25, -0.2) is 13.8 Å². The van der Waals surface area contributed by atoms with Gasteiger partial charge in [0.2, 0.25) is 11.8 Å². The Hall–Kier alpha value is -2.51. The van der Waals surface area contributed by atoms with Crippen LogP contribution in [-0.2, 0) is 9.59 Å². The third kappa shape index (κ3) is 3.54. The molecule has 3 rings (SSSR count). The van der Waals surface area contributed by atoms with Crippen molar-refractivity contribution in [3.05, 3.63) is 30.1 Å². The molecule has 6 nitrogen and oxygen atoms in total. The van der Waals surface area contributed by atoms with Crippen molar-refractivity contribution >= 4 is 22.8 Å². The van der Waals surface area contributed by atoms with E-state index in [0.29, 0.717) is 18.5 Å². The largest absolute Gasteiger partial charge is 0.354 e. The molecule has 8 heteroatoms. The van der Waals surface area contributed by atoms with E-state index in [1.807, 2.05) is 13.8 Å². The van der Waals surface area contributed by atoms with Crippen LogP contribution in [0.2, 0.25) is 0 Å². The van der Waals surface area contributed by atoms with Crippen LogP contribution in [-0.4, -0.2) is 34.0 Å². The molecule has 26 heavy (non-hydrogen) atoms. The lowest BCUT2D eigenvalue weighted by molar-refractivity contribution is -0.131. The zero-order valence-electron chi connectivity index (χ0n) is 14.8. The van der Waals surface area contributed by atoms with Crippen LogP contribution in [0.1, 0.15) is 39.2 Å². The van der Waals surface area contributed by atoms with Gasteiger partial charge in [-0.2, -0.15) is 0 Å². The lowest BCUT2D eigenvalue weighted by Gasteiger charge is -2.25. The van der Waals surface area contributed by atoms with Crippen molar-refractivity contribution in [1.82, 2.24) is 20.2 Å². The highest BCUT2D eigenvalue weighted by atomic mass is 19.2. The molecule has 1 saturated heterocycles. The number of benzene rings is 1. The maximum atomic E-state index is 13.7. The first kappa shape index (κ1) is 18.3. The Morgan fingerprint density at radius 3 is 2.77 bits per heavy atom. The Morgan fingerprint density at radius 1 is 1.31 bits per heavy atom. The number of carbonyl (C=O) groups is 2. The SMILES string of the molecule is CC(C)[C@@H](C(=O)N[C@@H]1CCCCNC1=O)n1cnc2cc(F)c(F)cc21. The Kier molecular flexibility index (Phi) is 5.20. The van der Waals surface area contributed by atoms with E-state index in [1.54, 1.807) is 0 Å². The summed E-state index contributed by atoms with van der Waals surface area (Å²) in [6.07, 6.45) is 3.70. The van der Waals surface area contributed by atoms with Crippen LogP contribution in [0.25, 0.3) is 11.0 Å². The molecule has 1 aromatic heterocycles. The molecule has 1 aromatic carbocycles. The fourth-order valence-corrected chi connectivity index (χ4v) is 3.33. The molecule has 0 aliphatic carbocycles. The van der Waals surface area contributed by atoms with E-state index < -0.39 is 23.7 Å². The second-order valence-electron chi connectivity index (χ2n) is 6.94. The van der Waals surface area contributed by atoms with Crippen molar-refractivity contribution in [2.45, 2.75) is 45.2 Å². The van der Waals surface area contributed by atoms with Gasteiger partial charge in [0.15, 0.2) is 11.6 Å². The van der Waals surface area contributed by atoms with Crippen LogP contribution in [0.5, 0.6) is 0 Å². The molecule has 0 bridgehead atoms. The van der Waals surface area contributed by atoms with Crippen molar-refractivity contribution in [2.75, 3.05) is 6.54 Å². The number of amides is 2. The third-order valence-corrected chi connectivity index (χ3v) is 4.67. The molecule has 0 radical (unpaired) electrons. The number of nitrogens with one attached hydrogen (secondary N) is 2. The summed E-state index contributed by atoms with van der Waals surface area (Å²) in [6, 6.07) is 0.768. The number of hydrogen-bond acceptors (Lipinski definition) is 3. The Morgan fingerprint density at radius 2 is 2.04 bits per heavy atom. The van der Waals surface area contributed by atoms with Gasteiger partial charge in [-0.05, 0) is 25.2 Å². The molecule has 2 heterocycles. The molecule has 1 aliphatic heterocycles. The van der Waals surface area contributed by atoms with E-state index in [-0.39, 0.29) is 23.2 Å². The van der Waals surface area contributed by atoms with E-state index in [1.165, 1.54) is 10.9 Å². The average Bonchev–Trinajstić information content (AvgIpc) is 2.84. The Bertz CT molecular complexity index is 834. The minimum absolute atomic E-state index is 0.144. The predicted octanol–water partition coefficient (Wildman–Crippen LogP) is 2.30. The van der Waals surface area contributed by atoms with Crippen LogP contribution in [0.15, 0.2) is 18.5 Å². The zero-order valence-corrected chi connectivity index (χ0v) is 14.8. The van der Waals surface area contributed by atoms with E-state index in [4.69, 9.17) is 0 Å². The van der Waals surface area contributed by atoms with Gasteiger partial charge in [-0.15, -0.1) is 0 Å². The first-order valence-electron chi connectivity index (χ1n) is 8.78. The number of nitrogens with zero attached hydrogens (tertiary/aromatic N) is 2. The second-order valence-corrected chi connectivity index (χ2v) is 6.94. The first-order valence-corrected chi connectivity index (χ1v) is 8.78. The van der Waals surface area contributed by atoms with Crippen molar-refractivity contribution in [1.29, 1.82) is 0 Å². The zero-order chi connectivity index (χ0) is 18.8. The van der Waals surface area contributed by atoms with Gasteiger partial charge in [0.25, 0.3) is 0 Å². The van der Waals surface area contributed by atoms with Gasteiger partial charge in [0, 0.05) is 18.7 Å². The van der Waals surface area contributed by atoms with Crippen LogP contribution < -0.4 is 10.6 Å². The number of carbonyl (C=O) groups excluding carboxylic acids is 2. The molecule has 0 saturated carbocycles. The fourth-order valence-electron chi connectivity index (χ4n) is 3.33. The van der Waals surface area contributed by atoms with Crippen LogP contribution >= 0.6 is 0 Å². The van der Waals surface area contributed by atoms with Crippen molar-refractivity contribution in [3.8, 4) is 0 Å². The normalized spacial score (nSPS) is 19.3. The highest BCUT2D eigenvalue weighted by Crippen LogP contribution is 2.26. The minimum Gasteiger partial charge on any atom is -0.354 e. The summed E-state index contributed by atoms with van der Waals surface area (Å²) in [7, 11) is 0. The lowest BCUT2D eigenvalue weighted by Crippen LogP contribution is -2.48. The van der Waals surface area contributed by atoms with Gasteiger partial charge in [-0.3, -0.25) is 9.59 Å². The molecule has 1 fully saturated rings. The van der Waals surface area contributed by atoms with Crippen LogP contribution in [0.3, 0.4) is 0 Å². The van der Waals surface area contributed by atoms with Crippen molar-refractivity contribution < 1.29 is 18.4 Å². The van der Waals surface area contributed by atoms with Crippen molar-refractivity contribution in [3.63, 3.8) is 0 Å². The van der Waals surface area contributed by atoms with Gasteiger partial charge in [0.1, 0.15) is 12.1 Å². The molecule has 140 valence electrons. The second kappa shape index (κ2) is 7.39. The number of halogens is 2. The first-order chi connectivity index (χ1) is 12.4. The molecule has 2 N–H and O–H groups in total. The number of fused-ring (bicyclic) bond motifs is 1. The summed E-state index contributed by atoms with van der Waals surface area (Å²) in [5.41, 5.74) is 0.609. The van der Waals surface area contributed by atoms with Gasteiger partial charge in [0.05, 0.1) is 17.4 Å². The quantitative estimate of drug-likeness (QED) is 0.874. The summed E-state index contributed by atoms with van der Waals surface area (Å²) in [4.78, 5) is 29.1. The predicted molar refractivity (Wildman–Crippen MR) is 92.3 cm³/mol. The molecule has 2 atom stereocenters. The smallest absolute Gasteiger partial charge is 0.244 e. The fraction of sp³-hybridized carbons (Fsp3) is 0.500. The monoisotopic (exact) mass is 364 g/mol. The van der Waals surface area contributed by atoms with E-state index >= 15 is 0 Å². The molecule has 2 amide bonds. The van der Waals surface area contributed by atoms with E-state index in [0.717, 1.165) is 25.0 Å². The number of hydrogen-bond donors (Lipinski definition) is 2. The molecule has 0 spiro atoms. The van der Waals surface area contributed by atoms with E-state index in [9.17, 15) is 18.4 Å². The maximum absolute atomic E-state index is 13.7. The number of rotatable bonds is 4.